The maximum absolute atomic E-state index is 12.4. The van der Waals surface area contributed by atoms with Crippen LogP contribution in [0.25, 0.3) is 0 Å². The first-order valence-corrected chi connectivity index (χ1v) is 7.40. The second-order valence-electron chi connectivity index (χ2n) is 4.19. The van der Waals surface area contributed by atoms with Gasteiger partial charge in [-0.2, -0.15) is 10.3 Å². The predicted octanol–water partition coefficient (Wildman–Crippen LogP) is 1.92. The summed E-state index contributed by atoms with van der Waals surface area (Å²) in [7, 11) is -3.49. The molecule has 1 aliphatic carbocycles. The molecule has 0 spiro atoms. The molecule has 1 heterocycles. The molecular weight excluding hydrogens is 274 g/mol. The Kier molecular flexibility index (Phi) is 2.64. The Morgan fingerprint density at radius 1 is 1.39 bits per heavy atom. The number of nitrogens with zero attached hydrogens (tertiary/aromatic N) is 2. The van der Waals surface area contributed by atoms with E-state index in [9.17, 15) is 8.42 Å². The van der Waals surface area contributed by atoms with E-state index in [4.69, 9.17) is 11.6 Å². The van der Waals surface area contributed by atoms with Gasteiger partial charge in [0.15, 0.2) is 5.03 Å². The Hall–Kier alpha value is -1.40. The number of hydrogen-bond acceptors (Lipinski definition) is 4. The van der Waals surface area contributed by atoms with Crippen molar-refractivity contribution in [2.24, 2.45) is 0 Å². The molecule has 0 saturated carbocycles. The SMILES string of the molecule is O=S(=O)(c1cn[nH]n1)[C@H]1CCc2c(Cl)cccc21. The van der Waals surface area contributed by atoms with Crippen molar-refractivity contribution in [1.82, 2.24) is 15.4 Å². The van der Waals surface area contributed by atoms with Crippen LogP contribution in [0.2, 0.25) is 5.02 Å². The van der Waals surface area contributed by atoms with Crippen LogP contribution in [0, 0.1) is 0 Å². The Balaban J connectivity index is 2.11. The van der Waals surface area contributed by atoms with E-state index in [2.05, 4.69) is 15.4 Å². The van der Waals surface area contributed by atoms with E-state index in [0.29, 0.717) is 17.9 Å². The van der Waals surface area contributed by atoms with Gasteiger partial charge in [0.1, 0.15) is 0 Å². The van der Waals surface area contributed by atoms with Crippen molar-refractivity contribution in [3.05, 3.63) is 40.5 Å². The van der Waals surface area contributed by atoms with Gasteiger partial charge in [0.2, 0.25) is 9.84 Å². The van der Waals surface area contributed by atoms with Crippen LogP contribution in [0.4, 0.5) is 0 Å². The normalized spacial score (nSPS) is 18.8. The topological polar surface area (TPSA) is 75.7 Å². The molecule has 1 aromatic carbocycles. The van der Waals surface area contributed by atoms with E-state index in [1.807, 2.05) is 6.07 Å². The summed E-state index contributed by atoms with van der Waals surface area (Å²) in [6, 6.07) is 5.37. The fraction of sp³-hybridized carbons (Fsp3) is 0.273. The lowest BCUT2D eigenvalue weighted by Gasteiger charge is -2.10. The first kappa shape index (κ1) is 11.7. The molecule has 3 rings (SSSR count). The Morgan fingerprint density at radius 3 is 2.94 bits per heavy atom. The van der Waals surface area contributed by atoms with Gasteiger partial charge in [-0.15, -0.1) is 5.10 Å². The van der Waals surface area contributed by atoms with Gasteiger partial charge in [-0.05, 0) is 30.0 Å². The van der Waals surface area contributed by atoms with E-state index in [1.165, 1.54) is 6.20 Å². The fourth-order valence-electron chi connectivity index (χ4n) is 2.37. The molecule has 1 aromatic heterocycles. The van der Waals surface area contributed by atoms with E-state index in [-0.39, 0.29) is 5.03 Å². The van der Waals surface area contributed by atoms with E-state index < -0.39 is 15.1 Å². The third kappa shape index (κ3) is 1.64. The van der Waals surface area contributed by atoms with Crippen molar-refractivity contribution in [3.63, 3.8) is 0 Å². The van der Waals surface area contributed by atoms with E-state index in [0.717, 1.165) is 11.1 Å². The molecule has 1 atom stereocenters. The fourth-order valence-corrected chi connectivity index (χ4v) is 4.29. The number of halogens is 1. The highest BCUT2D eigenvalue weighted by Crippen LogP contribution is 2.41. The van der Waals surface area contributed by atoms with Crippen molar-refractivity contribution in [2.45, 2.75) is 23.1 Å². The molecule has 0 saturated heterocycles. The van der Waals surface area contributed by atoms with Gasteiger partial charge in [0.05, 0.1) is 11.4 Å². The van der Waals surface area contributed by atoms with Crippen molar-refractivity contribution in [1.29, 1.82) is 0 Å². The molecule has 94 valence electrons. The highest BCUT2D eigenvalue weighted by molar-refractivity contribution is 7.91. The number of hydrogen-bond donors (Lipinski definition) is 1. The summed E-state index contributed by atoms with van der Waals surface area (Å²) in [5.41, 5.74) is 1.71. The minimum atomic E-state index is -3.49. The van der Waals surface area contributed by atoms with E-state index >= 15 is 0 Å². The number of aromatic nitrogens is 3. The van der Waals surface area contributed by atoms with Crippen molar-refractivity contribution in [3.8, 4) is 0 Å². The molecule has 5 nitrogen and oxygen atoms in total. The summed E-state index contributed by atoms with van der Waals surface area (Å²) in [6.07, 6.45) is 2.45. The highest BCUT2D eigenvalue weighted by Gasteiger charge is 2.36. The van der Waals surface area contributed by atoms with Gasteiger partial charge in [0, 0.05) is 5.02 Å². The first-order chi connectivity index (χ1) is 8.60. The maximum atomic E-state index is 12.4. The van der Waals surface area contributed by atoms with Gasteiger partial charge in [0.25, 0.3) is 0 Å². The molecule has 0 aliphatic heterocycles. The third-order valence-electron chi connectivity index (χ3n) is 3.22. The van der Waals surface area contributed by atoms with E-state index in [1.54, 1.807) is 12.1 Å². The van der Waals surface area contributed by atoms with Crippen LogP contribution in [0.3, 0.4) is 0 Å². The number of sulfone groups is 1. The lowest BCUT2D eigenvalue weighted by molar-refractivity contribution is 0.576. The van der Waals surface area contributed by atoms with Crippen LogP contribution in [-0.4, -0.2) is 23.8 Å². The average molecular weight is 284 g/mol. The zero-order valence-electron chi connectivity index (χ0n) is 9.30. The van der Waals surface area contributed by atoms with Crippen LogP contribution in [0.1, 0.15) is 22.8 Å². The van der Waals surface area contributed by atoms with Gasteiger partial charge < -0.3 is 0 Å². The van der Waals surface area contributed by atoms with Crippen LogP contribution in [-0.2, 0) is 16.3 Å². The summed E-state index contributed by atoms with van der Waals surface area (Å²) < 4.78 is 24.8. The molecule has 2 aromatic rings. The zero-order valence-corrected chi connectivity index (χ0v) is 10.9. The van der Waals surface area contributed by atoms with Crippen molar-refractivity contribution < 1.29 is 8.42 Å². The lowest BCUT2D eigenvalue weighted by atomic mass is 10.1. The van der Waals surface area contributed by atoms with Crippen molar-refractivity contribution in [2.75, 3.05) is 0 Å². The molecule has 18 heavy (non-hydrogen) atoms. The van der Waals surface area contributed by atoms with Crippen LogP contribution >= 0.6 is 11.6 Å². The minimum absolute atomic E-state index is 0.0136. The standard InChI is InChI=1S/C11H10ClN3O2S/c12-9-3-1-2-8-7(9)4-5-10(8)18(16,17)11-6-13-15-14-11/h1-3,6,10H,4-5H2,(H,13,14,15)/t10-/m0/s1. The summed E-state index contributed by atoms with van der Waals surface area (Å²) in [4.78, 5) is 0. The zero-order chi connectivity index (χ0) is 12.8. The summed E-state index contributed by atoms with van der Waals surface area (Å²) in [5.74, 6) is 0. The van der Waals surface area contributed by atoms with Crippen molar-refractivity contribution >= 4 is 21.4 Å². The molecule has 1 N–H and O–H groups in total. The van der Waals surface area contributed by atoms with Crippen LogP contribution in [0.5, 0.6) is 0 Å². The molecule has 0 amide bonds. The molecule has 1 aliphatic rings. The summed E-state index contributed by atoms with van der Waals surface area (Å²) >= 11 is 6.08. The lowest BCUT2D eigenvalue weighted by Crippen LogP contribution is -2.11. The van der Waals surface area contributed by atoms with Crippen LogP contribution in [0.15, 0.2) is 29.4 Å². The average Bonchev–Trinajstić information content (AvgIpc) is 2.99. The Bertz CT molecular complexity index is 682. The van der Waals surface area contributed by atoms with Gasteiger partial charge in [-0.25, -0.2) is 8.42 Å². The minimum Gasteiger partial charge on any atom is -0.221 e. The molecule has 7 heteroatoms. The predicted molar refractivity (Wildman–Crippen MR) is 66.1 cm³/mol. The van der Waals surface area contributed by atoms with Crippen LogP contribution < -0.4 is 0 Å². The number of H-pyrrole nitrogens is 1. The first-order valence-electron chi connectivity index (χ1n) is 5.47. The maximum Gasteiger partial charge on any atom is 0.206 e. The number of rotatable bonds is 2. The molecule has 0 unspecified atom stereocenters. The molecule has 0 fully saturated rings. The number of aromatic amines is 1. The summed E-state index contributed by atoms with van der Waals surface area (Å²) in [5, 5.41) is 9.60. The third-order valence-corrected chi connectivity index (χ3v) is 5.59. The quantitative estimate of drug-likeness (QED) is 0.913. The number of fused-ring (bicyclic) bond motifs is 1. The van der Waals surface area contributed by atoms with Gasteiger partial charge in [-0.1, -0.05) is 23.7 Å². The second kappa shape index (κ2) is 4.07. The number of benzene rings is 1. The summed E-state index contributed by atoms with van der Waals surface area (Å²) in [6.45, 7) is 0. The molecule has 0 radical (unpaired) electrons. The number of nitrogens with one attached hydrogen (secondary N) is 1. The largest absolute Gasteiger partial charge is 0.221 e. The molecular formula is C11H10ClN3O2S. The Morgan fingerprint density at radius 2 is 2.22 bits per heavy atom. The van der Waals surface area contributed by atoms with Gasteiger partial charge >= 0.3 is 0 Å². The molecule has 0 bridgehead atoms. The monoisotopic (exact) mass is 283 g/mol. The smallest absolute Gasteiger partial charge is 0.206 e. The van der Waals surface area contributed by atoms with Gasteiger partial charge in [-0.3, -0.25) is 0 Å². The Labute approximate surface area is 109 Å². The highest BCUT2D eigenvalue weighted by atomic mass is 35.5. The second-order valence-corrected chi connectivity index (χ2v) is 6.67.